The van der Waals surface area contributed by atoms with Gasteiger partial charge in [-0.1, -0.05) is 18.2 Å². The Morgan fingerprint density at radius 1 is 1.04 bits per heavy atom. The normalized spacial score (nSPS) is 10.2. The molecule has 2 amide bonds. The lowest BCUT2D eigenvalue weighted by molar-refractivity contribution is 0.236. The number of urea groups is 1. The van der Waals surface area contributed by atoms with Crippen LogP contribution in [0.25, 0.3) is 0 Å². The highest BCUT2D eigenvalue weighted by Crippen LogP contribution is 2.15. The topological polar surface area (TPSA) is 50.4 Å². The third-order valence-electron chi connectivity index (χ3n) is 3.50. The SMILES string of the molecule is Cc1ccc(OCCNC(=O)NCc2ccc(F)cc2)cc1C. The van der Waals surface area contributed by atoms with Crippen LogP contribution in [0.3, 0.4) is 0 Å². The van der Waals surface area contributed by atoms with Crippen LogP contribution in [-0.2, 0) is 6.54 Å². The molecule has 0 atom stereocenters. The summed E-state index contributed by atoms with van der Waals surface area (Å²) in [6.45, 7) is 5.23. The molecule has 23 heavy (non-hydrogen) atoms. The predicted molar refractivity (Wildman–Crippen MR) is 88.0 cm³/mol. The van der Waals surface area contributed by atoms with E-state index in [1.807, 2.05) is 32.0 Å². The van der Waals surface area contributed by atoms with E-state index in [2.05, 4.69) is 10.6 Å². The Kier molecular flexibility index (Phi) is 5.97. The van der Waals surface area contributed by atoms with Gasteiger partial charge in [-0.15, -0.1) is 0 Å². The molecule has 5 heteroatoms. The summed E-state index contributed by atoms with van der Waals surface area (Å²) in [6.07, 6.45) is 0. The molecule has 0 aliphatic carbocycles. The van der Waals surface area contributed by atoms with Gasteiger partial charge in [0.25, 0.3) is 0 Å². The maximum Gasteiger partial charge on any atom is 0.315 e. The van der Waals surface area contributed by atoms with Crippen LogP contribution in [0.4, 0.5) is 9.18 Å². The molecule has 2 rings (SSSR count). The van der Waals surface area contributed by atoms with E-state index >= 15 is 0 Å². The van der Waals surface area contributed by atoms with Gasteiger partial charge in [0.2, 0.25) is 0 Å². The molecular weight excluding hydrogens is 295 g/mol. The molecule has 0 fully saturated rings. The molecule has 0 saturated carbocycles. The highest BCUT2D eigenvalue weighted by atomic mass is 19.1. The van der Waals surface area contributed by atoms with Crippen LogP contribution in [0.2, 0.25) is 0 Å². The first-order valence-electron chi connectivity index (χ1n) is 7.51. The average molecular weight is 316 g/mol. The van der Waals surface area contributed by atoms with Crippen LogP contribution < -0.4 is 15.4 Å². The van der Waals surface area contributed by atoms with Crippen molar-refractivity contribution in [3.8, 4) is 5.75 Å². The predicted octanol–water partition coefficient (Wildman–Crippen LogP) is 3.32. The molecule has 0 heterocycles. The molecule has 2 N–H and O–H groups in total. The number of aryl methyl sites for hydroxylation is 2. The minimum Gasteiger partial charge on any atom is -0.492 e. The summed E-state index contributed by atoms with van der Waals surface area (Å²) in [6, 6.07) is 11.6. The second kappa shape index (κ2) is 8.17. The quantitative estimate of drug-likeness (QED) is 0.803. The highest BCUT2D eigenvalue weighted by molar-refractivity contribution is 5.73. The van der Waals surface area contributed by atoms with Gasteiger partial charge in [0.1, 0.15) is 18.2 Å². The van der Waals surface area contributed by atoms with Crippen molar-refractivity contribution in [2.24, 2.45) is 0 Å². The Labute approximate surface area is 135 Å². The molecule has 0 aromatic heterocycles. The zero-order valence-corrected chi connectivity index (χ0v) is 13.4. The number of nitrogens with one attached hydrogen (secondary N) is 2. The van der Waals surface area contributed by atoms with E-state index in [0.29, 0.717) is 19.7 Å². The molecule has 0 aliphatic heterocycles. The molecule has 0 bridgehead atoms. The Balaban J connectivity index is 1.64. The van der Waals surface area contributed by atoms with Crippen molar-refractivity contribution >= 4 is 6.03 Å². The number of carbonyl (C=O) groups is 1. The van der Waals surface area contributed by atoms with Gasteiger partial charge in [0.15, 0.2) is 0 Å². The van der Waals surface area contributed by atoms with Crippen molar-refractivity contribution in [2.75, 3.05) is 13.2 Å². The van der Waals surface area contributed by atoms with Gasteiger partial charge in [-0.2, -0.15) is 0 Å². The molecule has 122 valence electrons. The lowest BCUT2D eigenvalue weighted by Gasteiger charge is -2.10. The third kappa shape index (κ3) is 5.62. The molecule has 0 unspecified atom stereocenters. The Hall–Kier alpha value is -2.56. The fourth-order valence-electron chi connectivity index (χ4n) is 1.98. The fraction of sp³-hybridized carbons (Fsp3) is 0.278. The largest absolute Gasteiger partial charge is 0.492 e. The van der Waals surface area contributed by atoms with E-state index in [0.717, 1.165) is 11.3 Å². The number of benzene rings is 2. The van der Waals surface area contributed by atoms with Crippen LogP contribution in [0.5, 0.6) is 5.75 Å². The lowest BCUT2D eigenvalue weighted by Crippen LogP contribution is -2.37. The third-order valence-corrected chi connectivity index (χ3v) is 3.50. The summed E-state index contributed by atoms with van der Waals surface area (Å²) in [5, 5.41) is 5.42. The van der Waals surface area contributed by atoms with E-state index in [1.54, 1.807) is 12.1 Å². The van der Waals surface area contributed by atoms with Gasteiger partial charge in [-0.3, -0.25) is 0 Å². The highest BCUT2D eigenvalue weighted by Gasteiger charge is 2.01. The van der Waals surface area contributed by atoms with Crippen molar-refractivity contribution in [3.63, 3.8) is 0 Å². The molecule has 0 saturated heterocycles. The van der Waals surface area contributed by atoms with E-state index in [-0.39, 0.29) is 11.8 Å². The number of amides is 2. The molecule has 2 aromatic carbocycles. The molecule has 2 aromatic rings. The van der Waals surface area contributed by atoms with E-state index in [9.17, 15) is 9.18 Å². The van der Waals surface area contributed by atoms with Crippen molar-refractivity contribution in [1.82, 2.24) is 10.6 Å². The van der Waals surface area contributed by atoms with Gasteiger partial charge < -0.3 is 15.4 Å². The molecular formula is C18H21FN2O2. The minimum atomic E-state index is -0.290. The maximum absolute atomic E-state index is 12.8. The standard InChI is InChI=1S/C18H21FN2O2/c1-13-3-8-17(11-14(13)2)23-10-9-20-18(22)21-12-15-4-6-16(19)7-5-15/h3-8,11H,9-10,12H2,1-2H3,(H2,20,21,22). The minimum absolute atomic E-state index is 0.280. The maximum atomic E-state index is 12.8. The van der Waals surface area contributed by atoms with Crippen molar-refractivity contribution in [3.05, 3.63) is 65.0 Å². The van der Waals surface area contributed by atoms with Crippen molar-refractivity contribution < 1.29 is 13.9 Å². The molecule has 0 radical (unpaired) electrons. The van der Waals surface area contributed by atoms with Crippen LogP contribution in [0.15, 0.2) is 42.5 Å². The van der Waals surface area contributed by atoms with Crippen molar-refractivity contribution in [1.29, 1.82) is 0 Å². The number of rotatable bonds is 6. The van der Waals surface area contributed by atoms with E-state index < -0.39 is 0 Å². The van der Waals surface area contributed by atoms with Crippen molar-refractivity contribution in [2.45, 2.75) is 20.4 Å². The summed E-state index contributed by atoms with van der Waals surface area (Å²) in [5.41, 5.74) is 3.23. The smallest absolute Gasteiger partial charge is 0.315 e. The van der Waals surface area contributed by atoms with Crippen LogP contribution in [-0.4, -0.2) is 19.2 Å². The summed E-state index contributed by atoms with van der Waals surface area (Å²) in [4.78, 5) is 11.6. The first kappa shape index (κ1) is 16.8. The van der Waals surface area contributed by atoms with Gasteiger partial charge >= 0.3 is 6.03 Å². The monoisotopic (exact) mass is 316 g/mol. The molecule has 0 aliphatic rings. The number of hydrogen-bond acceptors (Lipinski definition) is 2. The number of halogens is 1. The number of ether oxygens (including phenoxy) is 1. The van der Waals surface area contributed by atoms with Crippen LogP contribution in [0.1, 0.15) is 16.7 Å². The number of hydrogen-bond donors (Lipinski definition) is 2. The summed E-state index contributed by atoms with van der Waals surface area (Å²) in [7, 11) is 0. The number of carbonyl (C=O) groups excluding carboxylic acids is 1. The zero-order chi connectivity index (χ0) is 16.7. The fourth-order valence-corrected chi connectivity index (χ4v) is 1.98. The van der Waals surface area contributed by atoms with Gasteiger partial charge in [0.05, 0.1) is 6.54 Å². The first-order chi connectivity index (χ1) is 11.0. The Morgan fingerprint density at radius 3 is 2.48 bits per heavy atom. The molecule has 4 nitrogen and oxygen atoms in total. The summed E-state index contributed by atoms with van der Waals surface area (Å²) >= 11 is 0. The lowest BCUT2D eigenvalue weighted by atomic mass is 10.1. The van der Waals surface area contributed by atoms with Crippen LogP contribution >= 0.6 is 0 Å². The molecule has 0 spiro atoms. The summed E-state index contributed by atoms with van der Waals surface area (Å²) in [5.74, 6) is 0.503. The van der Waals surface area contributed by atoms with E-state index in [4.69, 9.17) is 4.74 Å². The Morgan fingerprint density at radius 2 is 1.78 bits per heavy atom. The van der Waals surface area contributed by atoms with Gasteiger partial charge in [-0.25, -0.2) is 9.18 Å². The summed E-state index contributed by atoms with van der Waals surface area (Å²) < 4.78 is 18.3. The Bertz CT molecular complexity index is 657. The zero-order valence-electron chi connectivity index (χ0n) is 13.4. The second-order valence-corrected chi connectivity index (χ2v) is 5.33. The van der Waals surface area contributed by atoms with Gasteiger partial charge in [0, 0.05) is 6.54 Å². The first-order valence-corrected chi connectivity index (χ1v) is 7.51. The van der Waals surface area contributed by atoms with Crippen LogP contribution in [0, 0.1) is 19.7 Å². The average Bonchev–Trinajstić information content (AvgIpc) is 2.54. The van der Waals surface area contributed by atoms with Gasteiger partial charge in [-0.05, 0) is 54.8 Å². The second-order valence-electron chi connectivity index (χ2n) is 5.33. The van der Waals surface area contributed by atoms with E-state index in [1.165, 1.54) is 23.3 Å².